The van der Waals surface area contributed by atoms with Crippen molar-refractivity contribution in [3.05, 3.63) is 41.7 Å². The Hall–Kier alpha value is -2.56. The number of amides is 1. The lowest BCUT2D eigenvalue weighted by molar-refractivity contribution is -0.136. The summed E-state index contributed by atoms with van der Waals surface area (Å²) in [5.41, 5.74) is 2.68. The highest BCUT2D eigenvalue weighted by molar-refractivity contribution is 6.18. The molecule has 5 heteroatoms. The first-order chi connectivity index (χ1) is 11.8. The Morgan fingerprint density at radius 3 is 2.64 bits per heavy atom. The molecule has 1 aromatic carbocycles. The van der Waals surface area contributed by atoms with E-state index in [9.17, 15) is 9.59 Å². The molecule has 5 nitrogen and oxygen atoms in total. The van der Waals surface area contributed by atoms with Gasteiger partial charge in [0.05, 0.1) is 17.9 Å². The highest BCUT2D eigenvalue weighted by Gasteiger charge is 2.31. The van der Waals surface area contributed by atoms with E-state index in [2.05, 4.69) is 4.98 Å². The molecule has 1 aliphatic rings. The van der Waals surface area contributed by atoms with Gasteiger partial charge in [0.1, 0.15) is 0 Å². The number of carbonyl (C=O) groups is 2. The zero-order chi connectivity index (χ0) is 18.2. The molecule has 1 N–H and O–H groups in total. The van der Waals surface area contributed by atoms with Gasteiger partial charge in [-0.25, -0.2) is 4.79 Å². The largest absolute Gasteiger partial charge is 0.462 e. The molecule has 0 aliphatic carbocycles. The van der Waals surface area contributed by atoms with E-state index in [0.29, 0.717) is 25.1 Å². The Bertz CT molecular complexity index is 855. The molecule has 0 saturated heterocycles. The van der Waals surface area contributed by atoms with Crippen molar-refractivity contribution in [2.24, 2.45) is 5.41 Å². The number of para-hydroxylation sites is 1. The maximum Gasteiger partial charge on any atom is 0.341 e. The van der Waals surface area contributed by atoms with Gasteiger partial charge in [-0.2, -0.15) is 0 Å². The van der Waals surface area contributed by atoms with Crippen LogP contribution in [-0.4, -0.2) is 34.9 Å². The Labute approximate surface area is 147 Å². The number of aromatic nitrogens is 1. The van der Waals surface area contributed by atoms with Crippen LogP contribution in [0.5, 0.6) is 0 Å². The van der Waals surface area contributed by atoms with E-state index in [1.165, 1.54) is 0 Å². The average Bonchev–Trinajstić information content (AvgIpc) is 2.81. The van der Waals surface area contributed by atoms with Gasteiger partial charge < -0.3 is 14.6 Å². The van der Waals surface area contributed by atoms with Crippen molar-refractivity contribution in [3.63, 3.8) is 0 Å². The maximum absolute atomic E-state index is 12.8. The van der Waals surface area contributed by atoms with Gasteiger partial charge in [0, 0.05) is 29.1 Å². The van der Waals surface area contributed by atoms with Crippen LogP contribution < -0.4 is 0 Å². The minimum Gasteiger partial charge on any atom is -0.462 e. The first kappa shape index (κ1) is 17.3. The first-order valence-electron chi connectivity index (χ1n) is 8.63. The monoisotopic (exact) mass is 340 g/mol. The highest BCUT2D eigenvalue weighted by atomic mass is 16.5. The topological polar surface area (TPSA) is 62.4 Å². The van der Waals surface area contributed by atoms with Crippen molar-refractivity contribution in [3.8, 4) is 0 Å². The molecule has 2 heterocycles. The van der Waals surface area contributed by atoms with E-state index in [-0.39, 0.29) is 5.91 Å². The van der Waals surface area contributed by atoms with Gasteiger partial charge in [-0.3, -0.25) is 4.79 Å². The summed E-state index contributed by atoms with van der Waals surface area (Å²) in [5.74, 6) is -0.423. The molecule has 3 rings (SSSR count). The summed E-state index contributed by atoms with van der Waals surface area (Å²) in [6, 6.07) is 7.97. The normalized spacial score (nSPS) is 14.7. The zero-order valence-electron chi connectivity index (χ0n) is 15.2. The molecule has 0 saturated carbocycles. The van der Waals surface area contributed by atoms with Crippen LogP contribution in [0.15, 0.2) is 30.5 Å². The quantitative estimate of drug-likeness (QED) is 0.851. The minimum atomic E-state index is -0.517. The SMILES string of the molecule is CCOC(=O)C1=CN(C(=O)C(C)(C)C)CCc2c1[nH]c1ccccc21. The molecular weight excluding hydrogens is 316 g/mol. The third-order valence-corrected chi connectivity index (χ3v) is 4.37. The van der Waals surface area contributed by atoms with Crippen molar-refractivity contribution in [2.75, 3.05) is 13.2 Å². The lowest BCUT2D eigenvalue weighted by Gasteiger charge is -2.26. The second kappa shape index (κ2) is 6.39. The number of ether oxygens (including phenoxy) is 1. The van der Waals surface area contributed by atoms with Gasteiger partial charge in [-0.05, 0) is 25.0 Å². The van der Waals surface area contributed by atoms with Gasteiger partial charge in [-0.15, -0.1) is 0 Å². The van der Waals surface area contributed by atoms with Gasteiger partial charge in [0.2, 0.25) is 5.91 Å². The van der Waals surface area contributed by atoms with Crippen LogP contribution in [0, 0.1) is 5.41 Å². The van der Waals surface area contributed by atoms with Crippen LogP contribution in [0.4, 0.5) is 0 Å². The zero-order valence-corrected chi connectivity index (χ0v) is 15.2. The number of hydrogen-bond donors (Lipinski definition) is 1. The maximum atomic E-state index is 12.8. The number of esters is 1. The van der Waals surface area contributed by atoms with Crippen LogP contribution >= 0.6 is 0 Å². The Balaban J connectivity index is 2.13. The predicted molar refractivity (Wildman–Crippen MR) is 97.8 cm³/mol. The molecule has 1 aliphatic heterocycles. The Morgan fingerprint density at radius 2 is 1.96 bits per heavy atom. The van der Waals surface area contributed by atoms with Crippen LogP contribution in [0.3, 0.4) is 0 Å². The van der Waals surface area contributed by atoms with Gasteiger partial charge >= 0.3 is 5.97 Å². The molecule has 0 unspecified atom stereocenters. The van der Waals surface area contributed by atoms with Crippen molar-refractivity contribution < 1.29 is 14.3 Å². The standard InChI is InChI=1S/C20H24N2O3/c1-5-25-18(23)15-12-22(19(24)20(2,3)4)11-10-14-13-8-6-7-9-16(13)21-17(14)15/h6-9,12,21H,5,10-11H2,1-4H3. The molecule has 0 spiro atoms. The number of carbonyl (C=O) groups excluding carboxylic acids is 2. The molecular formula is C20H24N2O3. The number of benzene rings is 1. The third kappa shape index (κ3) is 3.18. The number of hydrogen-bond acceptors (Lipinski definition) is 3. The fourth-order valence-electron chi connectivity index (χ4n) is 3.16. The van der Waals surface area contributed by atoms with Crippen LogP contribution in [0.1, 0.15) is 39.0 Å². The molecule has 0 fully saturated rings. The molecule has 25 heavy (non-hydrogen) atoms. The number of fused-ring (bicyclic) bond motifs is 3. The van der Waals surface area contributed by atoms with Crippen LogP contribution in [0.2, 0.25) is 0 Å². The fourth-order valence-corrected chi connectivity index (χ4v) is 3.16. The van der Waals surface area contributed by atoms with Crippen molar-refractivity contribution in [2.45, 2.75) is 34.1 Å². The molecule has 1 aromatic heterocycles. The molecule has 0 radical (unpaired) electrons. The molecule has 1 amide bonds. The highest BCUT2D eigenvalue weighted by Crippen LogP contribution is 2.32. The van der Waals surface area contributed by atoms with Crippen LogP contribution in [-0.2, 0) is 20.7 Å². The Kier molecular flexibility index (Phi) is 4.41. The number of nitrogens with zero attached hydrogens (tertiary/aromatic N) is 1. The summed E-state index contributed by atoms with van der Waals surface area (Å²) in [4.78, 5) is 30.3. The predicted octanol–water partition coefficient (Wildman–Crippen LogP) is 3.50. The summed E-state index contributed by atoms with van der Waals surface area (Å²) in [7, 11) is 0. The summed E-state index contributed by atoms with van der Waals surface area (Å²) in [5, 5.41) is 1.08. The van der Waals surface area contributed by atoms with Crippen LogP contribution in [0.25, 0.3) is 16.5 Å². The average molecular weight is 340 g/mol. The molecule has 2 aromatic rings. The van der Waals surface area contributed by atoms with E-state index in [0.717, 1.165) is 22.2 Å². The number of rotatable bonds is 2. The second-order valence-electron chi connectivity index (χ2n) is 7.29. The number of aromatic amines is 1. The fraction of sp³-hybridized carbons (Fsp3) is 0.400. The number of H-pyrrole nitrogens is 1. The van der Waals surface area contributed by atoms with E-state index in [4.69, 9.17) is 4.74 Å². The first-order valence-corrected chi connectivity index (χ1v) is 8.63. The summed E-state index contributed by atoms with van der Waals surface area (Å²) in [6.07, 6.45) is 2.33. The summed E-state index contributed by atoms with van der Waals surface area (Å²) < 4.78 is 5.24. The lowest BCUT2D eigenvalue weighted by atomic mass is 9.94. The van der Waals surface area contributed by atoms with Crippen molar-refractivity contribution >= 4 is 28.4 Å². The van der Waals surface area contributed by atoms with E-state index < -0.39 is 11.4 Å². The van der Waals surface area contributed by atoms with E-state index >= 15 is 0 Å². The molecule has 0 bridgehead atoms. The lowest BCUT2D eigenvalue weighted by Crippen LogP contribution is -2.37. The second-order valence-corrected chi connectivity index (χ2v) is 7.29. The molecule has 132 valence electrons. The van der Waals surface area contributed by atoms with Gasteiger partial charge in [0.25, 0.3) is 0 Å². The minimum absolute atomic E-state index is 0.0104. The number of nitrogens with one attached hydrogen (secondary N) is 1. The third-order valence-electron chi connectivity index (χ3n) is 4.37. The summed E-state index contributed by atoms with van der Waals surface area (Å²) in [6.45, 7) is 8.25. The van der Waals surface area contributed by atoms with E-state index in [1.54, 1.807) is 18.0 Å². The van der Waals surface area contributed by atoms with Crippen molar-refractivity contribution in [1.29, 1.82) is 0 Å². The van der Waals surface area contributed by atoms with Gasteiger partial charge in [-0.1, -0.05) is 39.0 Å². The van der Waals surface area contributed by atoms with E-state index in [1.807, 2.05) is 45.0 Å². The van der Waals surface area contributed by atoms with Gasteiger partial charge in [0.15, 0.2) is 0 Å². The van der Waals surface area contributed by atoms with Crippen molar-refractivity contribution in [1.82, 2.24) is 9.88 Å². The summed E-state index contributed by atoms with van der Waals surface area (Å²) >= 11 is 0. The Morgan fingerprint density at radius 1 is 1.24 bits per heavy atom. The molecule has 0 atom stereocenters. The smallest absolute Gasteiger partial charge is 0.341 e.